The lowest BCUT2D eigenvalue weighted by molar-refractivity contribution is 0.0276. The fourth-order valence-corrected chi connectivity index (χ4v) is 3.39. The summed E-state index contributed by atoms with van der Waals surface area (Å²) in [6.45, 7) is 3.45. The van der Waals surface area contributed by atoms with Gasteiger partial charge in [-0.2, -0.15) is 0 Å². The van der Waals surface area contributed by atoms with Gasteiger partial charge in [0.1, 0.15) is 18.1 Å². The van der Waals surface area contributed by atoms with Gasteiger partial charge in [0.15, 0.2) is 11.5 Å². The molecule has 0 spiro atoms. The molecule has 4 rings (SSSR count). The van der Waals surface area contributed by atoms with Crippen LogP contribution in [-0.2, 0) is 0 Å². The summed E-state index contributed by atoms with van der Waals surface area (Å²) >= 11 is 0. The summed E-state index contributed by atoms with van der Waals surface area (Å²) in [6, 6.07) is 25.9. The molecule has 34 heavy (non-hydrogen) atoms. The van der Waals surface area contributed by atoms with Crippen molar-refractivity contribution in [3.8, 4) is 39.8 Å². The lowest BCUT2D eigenvalue weighted by Gasteiger charge is -2.19. The van der Waals surface area contributed by atoms with E-state index in [1.54, 1.807) is 48.9 Å². The molecule has 1 heterocycles. The van der Waals surface area contributed by atoms with Crippen molar-refractivity contribution < 1.29 is 19.3 Å². The van der Waals surface area contributed by atoms with Gasteiger partial charge in [0.25, 0.3) is 5.56 Å². The van der Waals surface area contributed by atoms with Gasteiger partial charge in [-0.1, -0.05) is 30.3 Å². The number of aromatic nitrogens is 1. The summed E-state index contributed by atoms with van der Waals surface area (Å²) in [4.78, 5) is 12.9. The van der Waals surface area contributed by atoms with Crippen LogP contribution in [0, 0.1) is 0 Å². The minimum Gasteiger partial charge on any atom is -0.493 e. The summed E-state index contributed by atoms with van der Waals surface area (Å²) < 4.78 is 18.5. The molecule has 0 atom stereocenters. The summed E-state index contributed by atoms with van der Waals surface area (Å²) in [6.07, 6.45) is 1.73. The lowest BCUT2D eigenvalue weighted by atomic mass is 10.1. The van der Waals surface area contributed by atoms with Gasteiger partial charge in [-0.05, 0) is 67.4 Å². The quantitative estimate of drug-likeness (QED) is 0.381. The zero-order chi connectivity index (χ0) is 24.1. The minimum absolute atomic E-state index is 0.118. The van der Waals surface area contributed by atoms with Gasteiger partial charge < -0.3 is 19.3 Å². The third-order valence-corrected chi connectivity index (χ3v) is 5.09. The number of aliphatic hydroxyl groups is 1. The minimum atomic E-state index is -0.970. The van der Waals surface area contributed by atoms with Crippen LogP contribution >= 0.6 is 0 Å². The third-order valence-electron chi connectivity index (χ3n) is 5.09. The Morgan fingerprint density at radius 3 is 2.18 bits per heavy atom. The molecule has 3 aromatic carbocycles. The molecular formula is C28H27NO5. The molecule has 0 saturated carbocycles. The number of methoxy groups -OCH3 is 1. The van der Waals surface area contributed by atoms with Crippen molar-refractivity contribution in [3.05, 3.63) is 101 Å². The highest BCUT2D eigenvalue weighted by Crippen LogP contribution is 2.30. The highest BCUT2D eigenvalue weighted by Gasteiger charge is 2.16. The largest absolute Gasteiger partial charge is 0.493 e. The maximum Gasteiger partial charge on any atom is 0.255 e. The maximum absolute atomic E-state index is 12.9. The molecule has 0 aliphatic heterocycles. The standard InChI is InChI=1S/C28H27NO5/c1-28(2,31)19-33-25-14-11-22(18-26(25)32-3)29-16-15-21(17-27(29)30)20-9-12-24(13-10-20)34-23-7-5-4-6-8-23/h4-18,31H,19H2,1-3H3. The van der Waals surface area contributed by atoms with Gasteiger partial charge in [-0.3, -0.25) is 9.36 Å². The Kier molecular flexibility index (Phi) is 6.70. The van der Waals surface area contributed by atoms with Gasteiger partial charge in [-0.15, -0.1) is 0 Å². The topological polar surface area (TPSA) is 69.9 Å². The molecule has 0 unspecified atom stereocenters. The molecule has 0 fully saturated rings. The van der Waals surface area contributed by atoms with Gasteiger partial charge in [-0.25, -0.2) is 0 Å². The van der Waals surface area contributed by atoms with E-state index in [0.717, 1.165) is 22.6 Å². The van der Waals surface area contributed by atoms with Crippen LogP contribution < -0.4 is 19.8 Å². The highest BCUT2D eigenvalue weighted by atomic mass is 16.5. The fraction of sp³-hybridized carbons (Fsp3) is 0.179. The second kappa shape index (κ2) is 9.85. The Balaban J connectivity index is 1.53. The number of rotatable bonds is 8. The maximum atomic E-state index is 12.9. The van der Waals surface area contributed by atoms with Gasteiger partial charge in [0, 0.05) is 18.3 Å². The van der Waals surface area contributed by atoms with E-state index in [4.69, 9.17) is 14.2 Å². The average molecular weight is 458 g/mol. The smallest absolute Gasteiger partial charge is 0.255 e. The molecule has 174 valence electrons. The summed E-state index contributed by atoms with van der Waals surface area (Å²) in [5.41, 5.74) is 1.23. The lowest BCUT2D eigenvalue weighted by Crippen LogP contribution is -2.28. The van der Waals surface area contributed by atoms with E-state index in [1.807, 2.05) is 60.7 Å². The first-order valence-corrected chi connectivity index (χ1v) is 10.9. The molecule has 4 aromatic rings. The van der Waals surface area contributed by atoms with Crippen LogP contribution in [0.4, 0.5) is 0 Å². The Labute approximate surface area is 198 Å². The monoisotopic (exact) mass is 457 g/mol. The van der Waals surface area contributed by atoms with Crippen LogP contribution in [0.5, 0.6) is 23.0 Å². The molecule has 1 N–H and O–H groups in total. The molecule has 6 nitrogen and oxygen atoms in total. The van der Waals surface area contributed by atoms with E-state index in [1.165, 1.54) is 7.11 Å². The van der Waals surface area contributed by atoms with E-state index >= 15 is 0 Å². The van der Waals surface area contributed by atoms with Crippen molar-refractivity contribution in [1.29, 1.82) is 0 Å². The Morgan fingerprint density at radius 1 is 0.824 bits per heavy atom. The van der Waals surface area contributed by atoms with E-state index < -0.39 is 5.60 Å². The predicted octanol–water partition coefficient (Wildman–Crippen LogP) is 5.46. The van der Waals surface area contributed by atoms with Crippen LogP contribution in [0.15, 0.2) is 95.9 Å². The van der Waals surface area contributed by atoms with E-state index in [-0.39, 0.29) is 12.2 Å². The van der Waals surface area contributed by atoms with Crippen LogP contribution in [0.1, 0.15) is 13.8 Å². The van der Waals surface area contributed by atoms with E-state index in [9.17, 15) is 9.90 Å². The molecule has 0 aliphatic carbocycles. The summed E-state index contributed by atoms with van der Waals surface area (Å²) in [5.74, 6) is 2.47. The Bertz CT molecular complexity index is 1310. The SMILES string of the molecule is COc1cc(-n2ccc(-c3ccc(Oc4ccccc4)cc3)cc2=O)ccc1OCC(C)(C)O. The molecule has 0 radical (unpaired) electrons. The first-order chi connectivity index (χ1) is 16.3. The van der Waals surface area contributed by atoms with Gasteiger partial charge in [0.05, 0.1) is 18.4 Å². The molecule has 0 bridgehead atoms. The predicted molar refractivity (Wildman–Crippen MR) is 132 cm³/mol. The molecule has 6 heteroatoms. The van der Waals surface area contributed by atoms with Gasteiger partial charge >= 0.3 is 0 Å². The first-order valence-electron chi connectivity index (χ1n) is 10.9. The van der Waals surface area contributed by atoms with Crippen molar-refractivity contribution >= 4 is 0 Å². The normalized spacial score (nSPS) is 11.2. The second-order valence-electron chi connectivity index (χ2n) is 8.50. The number of para-hydroxylation sites is 1. The van der Waals surface area contributed by atoms with Crippen LogP contribution in [0.25, 0.3) is 16.8 Å². The highest BCUT2D eigenvalue weighted by molar-refractivity contribution is 5.64. The number of ether oxygens (including phenoxy) is 3. The molecular weight excluding hydrogens is 430 g/mol. The average Bonchev–Trinajstić information content (AvgIpc) is 2.83. The molecule has 1 aromatic heterocycles. The van der Waals surface area contributed by atoms with E-state index in [2.05, 4.69) is 0 Å². The van der Waals surface area contributed by atoms with Crippen LogP contribution in [-0.4, -0.2) is 29.0 Å². The first kappa shape index (κ1) is 23.1. The number of nitrogens with zero attached hydrogens (tertiary/aromatic N) is 1. The van der Waals surface area contributed by atoms with Crippen molar-refractivity contribution in [2.45, 2.75) is 19.4 Å². The number of benzene rings is 3. The Morgan fingerprint density at radius 2 is 1.53 bits per heavy atom. The van der Waals surface area contributed by atoms with Crippen molar-refractivity contribution in [2.75, 3.05) is 13.7 Å². The third kappa shape index (κ3) is 5.66. The fourth-order valence-electron chi connectivity index (χ4n) is 3.39. The summed E-state index contributed by atoms with van der Waals surface area (Å²) in [5, 5.41) is 9.89. The molecule has 0 amide bonds. The van der Waals surface area contributed by atoms with Crippen molar-refractivity contribution in [1.82, 2.24) is 4.57 Å². The van der Waals surface area contributed by atoms with Crippen LogP contribution in [0.2, 0.25) is 0 Å². The second-order valence-corrected chi connectivity index (χ2v) is 8.50. The van der Waals surface area contributed by atoms with Crippen molar-refractivity contribution in [2.24, 2.45) is 0 Å². The molecule has 0 saturated heterocycles. The van der Waals surface area contributed by atoms with Crippen LogP contribution in [0.3, 0.4) is 0 Å². The van der Waals surface area contributed by atoms with Gasteiger partial charge in [0.2, 0.25) is 0 Å². The zero-order valence-electron chi connectivity index (χ0n) is 19.4. The Hall–Kier alpha value is -4.03. The van der Waals surface area contributed by atoms with E-state index in [0.29, 0.717) is 17.2 Å². The number of pyridine rings is 1. The number of hydrogen-bond acceptors (Lipinski definition) is 5. The number of hydrogen-bond donors (Lipinski definition) is 1. The zero-order valence-corrected chi connectivity index (χ0v) is 19.4. The summed E-state index contributed by atoms with van der Waals surface area (Å²) in [7, 11) is 1.53. The molecule has 0 aliphatic rings. The van der Waals surface area contributed by atoms with Crippen molar-refractivity contribution in [3.63, 3.8) is 0 Å².